The number of hydrogen-bond acceptors (Lipinski definition) is 11. The Kier molecular flexibility index (Phi) is 14.1. The summed E-state index contributed by atoms with van der Waals surface area (Å²) in [6.45, 7) is 17.8. The van der Waals surface area contributed by atoms with E-state index in [-0.39, 0.29) is 24.2 Å². The molecule has 14 atom stereocenters. The number of aliphatic hydroxyl groups excluding tert-OH is 3. The van der Waals surface area contributed by atoms with Crippen LogP contribution in [0.25, 0.3) is 0 Å². The Morgan fingerprint density at radius 3 is 2.26 bits per heavy atom. The maximum Gasteiger partial charge on any atom is 0.313 e. The lowest BCUT2D eigenvalue weighted by Crippen LogP contribution is -2.70. The van der Waals surface area contributed by atoms with Gasteiger partial charge in [0.05, 0.1) is 24.2 Å². The molecule has 0 aromatic carbocycles. The molecule has 10 unspecified atom stereocenters. The molecular weight excluding hydrogens is 544 g/mol. The van der Waals surface area contributed by atoms with E-state index in [1.807, 2.05) is 20.8 Å². The van der Waals surface area contributed by atoms with Crippen molar-refractivity contribution in [3.8, 4) is 0 Å². The lowest BCUT2D eigenvalue weighted by Gasteiger charge is -2.53. The summed E-state index contributed by atoms with van der Waals surface area (Å²) in [7, 11) is 1.57. The number of esters is 1. The molecule has 2 aliphatic heterocycles. The Hall–Kier alpha value is -0.890. The highest BCUT2D eigenvalue weighted by molar-refractivity contribution is 5.72. The molecule has 11 nitrogen and oxygen atoms in total. The van der Waals surface area contributed by atoms with E-state index in [0.717, 1.165) is 13.0 Å². The van der Waals surface area contributed by atoms with Crippen LogP contribution in [0.4, 0.5) is 0 Å². The lowest BCUT2D eigenvalue weighted by molar-refractivity contribution is -0.328. The molecule has 2 aliphatic rings. The highest BCUT2D eigenvalue weighted by Crippen LogP contribution is 2.41. The van der Waals surface area contributed by atoms with E-state index in [4.69, 9.17) is 18.9 Å². The van der Waals surface area contributed by atoms with E-state index >= 15 is 0 Å². The van der Waals surface area contributed by atoms with Crippen LogP contribution >= 0.6 is 0 Å². The van der Waals surface area contributed by atoms with Crippen LogP contribution in [-0.2, 0) is 23.7 Å². The third-order valence-electron chi connectivity index (χ3n) is 9.77. The molecule has 11 heteroatoms. The maximum absolute atomic E-state index is 13.4. The lowest BCUT2D eigenvalue weighted by atomic mass is 9.75. The minimum atomic E-state index is -1.55. The first-order valence-corrected chi connectivity index (χ1v) is 15.8. The molecule has 0 aromatic heterocycles. The Balaban J connectivity index is 2.35. The average Bonchev–Trinajstić information content (AvgIpc) is 2.92. The quantitative estimate of drug-likeness (QED) is 0.187. The fourth-order valence-corrected chi connectivity index (χ4v) is 6.61. The molecule has 0 radical (unpaired) electrons. The minimum absolute atomic E-state index is 0.106. The molecule has 2 fully saturated rings. The van der Waals surface area contributed by atoms with E-state index < -0.39 is 72.2 Å². The second-order valence-corrected chi connectivity index (χ2v) is 13.4. The number of rotatable bonds is 7. The molecule has 0 aromatic rings. The molecule has 0 saturated carbocycles. The van der Waals surface area contributed by atoms with Crippen LogP contribution in [0.15, 0.2) is 0 Å². The Bertz CT molecular complexity index is 836. The van der Waals surface area contributed by atoms with E-state index in [1.165, 1.54) is 0 Å². The van der Waals surface area contributed by atoms with Gasteiger partial charge in [-0.3, -0.25) is 10.1 Å². The summed E-state index contributed by atoms with van der Waals surface area (Å²) in [5.74, 6) is -2.27. The van der Waals surface area contributed by atoms with E-state index in [0.29, 0.717) is 19.4 Å². The highest BCUT2D eigenvalue weighted by atomic mass is 16.7. The fourth-order valence-electron chi connectivity index (χ4n) is 6.61. The average molecular weight is 605 g/mol. The van der Waals surface area contributed by atoms with Crippen molar-refractivity contribution in [2.24, 2.45) is 29.6 Å². The highest BCUT2D eigenvalue weighted by Gasteiger charge is 2.57. The van der Waals surface area contributed by atoms with Crippen LogP contribution in [0.1, 0.15) is 88.0 Å². The summed E-state index contributed by atoms with van der Waals surface area (Å²) in [5.41, 5.74) is -2.31. The summed E-state index contributed by atoms with van der Waals surface area (Å²) in [4.78, 5) is 13.4. The fraction of sp³-hybridized carbons (Fsp3) is 0.968. The van der Waals surface area contributed by atoms with Crippen LogP contribution < -0.4 is 10.6 Å². The Morgan fingerprint density at radius 2 is 1.67 bits per heavy atom. The molecule has 2 saturated heterocycles. The maximum atomic E-state index is 13.4. The summed E-state index contributed by atoms with van der Waals surface area (Å²) >= 11 is 0. The second-order valence-electron chi connectivity index (χ2n) is 13.4. The first kappa shape index (κ1) is 37.3. The van der Waals surface area contributed by atoms with Gasteiger partial charge in [-0.25, -0.2) is 0 Å². The molecule has 0 aliphatic carbocycles. The number of hydrogen-bond donors (Lipinski definition) is 6. The molecule has 2 rings (SSSR count). The van der Waals surface area contributed by atoms with Gasteiger partial charge in [-0.1, -0.05) is 34.6 Å². The number of methoxy groups -OCH3 is 1. The summed E-state index contributed by atoms with van der Waals surface area (Å²) in [6.07, 6.45) is -2.97. The monoisotopic (exact) mass is 604 g/mol. The minimum Gasteiger partial charge on any atom is -0.435 e. The number of nitrogens with one attached hydrogen (secondary N) is 2. The predicted octanol–water partition coefficient (Wildman–Crippen LogP) is 2.14. The van der Waals surface area contributed by atoms with Crippen LogP contribution in [0, 0.1) is 29.6 Å². The van der Waals surface area contributed by atoms with Gasteiger partial charge in [0.1, 0.15) is 17.4 Å². The van der Waals surface area contributed by atoms with E-state index in [9.17, 15) is 25.2 Å². The first-order valence-electron chi connectivity index (χ1n) is 15.8. The predicted molar refractivity (Wildman–Crippen MR) is 159 cm³/mol. The standard InChI is InChI=1S/C31H60N2O9/c1-11-12-32-16-31(38)23(8)40-24(15-30(31,9)39-10)41-26-18(3)13-17(2)14-19(4)27(35)33-22(7)25(34)20(5)28(36)42-29(37)21(26)6/h17-28,32-36,38H,11-16H2,1-10H3/t17?,18?,19?,20?,21?,22?,23-,24-,25?,26?,27?,28?,30+,31-/m0/s1. The molecule has 2 heterocycles. The van der Waals surface area contributed by atoms with Crippen molar-refractivity contribution >= 4 is 5.97 Å². The molecule has 0 amide bonds. The number of ether oxygens (including phenoxy) is 4. The van der Waals surface area contributed by atoms with Crippen molar-refractivity contribution in [2.75, 3.05) is 20.2 Å². The van der Waals surface area contributed by atoms with Gasteiger partial charge in [0.15, 0.2) is 6.29 Å². The normalized spacial score (nSPS) is 46.9. The van der Waals surface area contributed by atoms with E-state index in [1.54, 1.807) is 34.8 Å². The number of cyclic esters (lactones) is 1. The van der Waals surface area contributed by atoms with Crippen molar-refractivity contribution in [3.63, 3.8) is 0 Å². The van der Waals surface area contributed by atoms with Crippen molar-refractivity contribution in [1.29, 1.82) is 0 Å². The third kappa shape index (κ3) is 8.85. The molecule has 0 bridgehead atoms. The van der Waals surface area contributed by atoms with Gasteiger partial charge in [0.2, 0.25) is 6.29 Å². The van der Waals surface area contributed by atoms with Gasteiger partial charge >= 0.3 is 5.97 Å². The Labute approximate surface area is 253 Å². The molecule has 42 heavy (non-hydrogen) atoms. The van der Waals surface area contributed by atoms with Crippen LogP contribution in [-0.4, -0.2) is 101 Å². The molecule has 248 valence electrons. The molecule has 6 N–H and O–H groups in total. The first-order chi connectivity index (χ1) is 19.5. The van der Waals surface area contributed by atoms with Gasteiger partial charge in [-0.2, -0.15) is 0 Å². The zero-order valence-corrected chi connectivity index (χ0v) is 27.5. The van der Waals surface area contributed by atoms with Crippen LogP contribution in [0.3, 0.4) is 0 Å². The van der Waals surface area contributed by atoms with Crippen molar-refractivity contribution in [1.82, 2.24) is 10.6 Å². The molecular formula is C31H60N2O9. The third-order valence-corrected chi connectivity index (χ3v) is 9.77. The van der Waals surface area contributed by atoms with Gasteiger partial charge in [0.25, 0.3) is 0 Å². The zero-order chi connectivity index (χ0) is 32.0. The number of carbonyl (C=O) groups is 1. The summed E-state index contributed by atoms with van der Waals surface area (Å²) in [5, 5.41) is 50.3. The van der Waals surface area contributed by atoms with Crippen molar-refractivity contribution in [3.05, 3.63) is 0 Å². The van der Waals surface area contributed by atoms with Gasteiger partial charge in [-0.15, -0.1) is 0 Å². The SMILES string of the molecule is CCCNC[C@]1(O)[C@H](C)O[C@@H](OC2C(C)CC(C)CC(C)C(O)NC(C)C(O)C(C)C(O)OC(=O)C2C)C[C@@]1(C)OC. The topological polar surface area (TPSA) is 159 Å². The van der Waals surface area contributed by atoms with Gasteiger partial charge in [0, 0.05) is 32.0 Å². The van der Waals surface area contributed by atoms with Crippen molar-refractivity contribution in [2.45, 2.75) is 142 Å². The smallest absolute Gasteiger partial charge is 0.313 e. The second kappa shape index (κ2) is 15.9. The summed E-state index contributed by atoms with van der Waals surface area (Å²) < 4.78 is 24.2. The van der Waals surface area contributed by atoms with E-state index in [2.05, 4.69) is 24.5 Å². The largest absolute Gasteiger partial charge is 0.435 e. The Morgan fingerprint density at radius 1 is 1.05 bits per heavy atom. The zero-order valence-electron chi connectivity index (χ0n) is 27.5. The van der Waals surface area contributed by atoms with Crippen LogP contribution in [0.5, 0.6) is 0 Å². The van der Waals surface area contributed by atoms with Crippen molar-refractivity contribution < 1.29 is 44.2 Å². The van der Waals surface area contributed by atoms with Gasteiger partial charge < -0.3 is 44.7 Å². The summed E-state index contributed by atoms with van der Waals surface area (Å²) in [6, 6.07) is -0.546. The van der Waals surface area contributed by atoms with Crippen LogP contribution in [0.2, 0.25) is 0 Å². The van der Waals surface area contributed by atoms with Gasteiger partial charge in [-0.05, 0) is 71.3 Å². The number of aliphatic hydroxyl groups is 4. The number of carbonyl (C=O) groups excluding carboxylic acids is 1. The molecule has 0 spiro atoms.